The lowest BCUT2D eigenvalue weighted by Crippen LogP contribution is -2.45. The van der Waals surface area contributed by atoms with Crippen LogP contribution in [-0.2, 0) is 16.0 Å². The van der Waals surface area contributed by atoms with E-state index in [1.54, 1.807) is 6.20 Å². The van der Waals surface area contributed by atoms with Crippen LogP contribution in [0.5, 0.6) is 5.75 Å². The van der Waals surface area contributed by atoms with E-state index < -0.39 is 6.10 Å². The van der Waals surface area contributed by atoms with Gasteiger partial charge in [0.25, 0.3) is 5.91 Å². The molecule has 0 spiro atoms. The van der Waals surface area contributed by atoms with Crippen molar-refractivity contribution in [3.05, 3.63) is 42.1 Å². The number of ether oxygens (including phenoxy) is 1. The number of carbonyl (C=O) groups excluding carboxylic acids is 2. The van der Waals surface area contributed by atoms with Crippen LogP contribution in [0, 0.1) is 5.92 Å². The van der Waals surface area contributed by atoms with Crippen molar-refractivity contribution in [2.75, 3.05) is 18.4 Å². The molecule has 1 aromatic heterocycles. The summed E-state index contributed by atoms with van der Waals surface area (Å²) in [5, 5.41) is 7.39. The fourth-order valence-electron chi connectivity index (χ4n) is 4.12. The third-order valence-electron chi connectivity index (χ3n) is 5.58. The lowest BCUT2D eigenvalue weighted by atomic mass is 10.0. The number of hydrogen-bond donors (Lipinski definition) is 1. The number of amides is 2. The average molecular weight is 396 g/mol. The monoisotopic (exact) mass is 396 g/mol. The zero-order valence-corrected chi connectivity index (χ0v) is 17.0. The van der Waals surface area contributed by atoms with E-state index in [1.807, 2.05) is 53.8 Å². The van der Waals surface area contributed by atoms with E-state index >= 15 is 0 Å². The van der Waals surface area contributed by atoms with Crippen molar-refractivity contribution in [1.82, 2.24) is 14.7 Å². The highest BCUT2D eigenvalue weighted by atomic mass is 16.5. The molecule has 7 nitrogen and oxygen atoms in total. The standard InChI is InChI=1S/C22H28N4O3/c1-15(2)13-21(27)24-20-7-10-23-26(20)17-8-11-25(12-9-17)22(28)19-14-16-5-3-4-6-18(16)29-19/h3-7,10,15,17,19H,8-9,11-14H2,1-2H3,(H,24,27)/t19-/m1/s1. The van der Waals surface area contributed by atoms with Crippen LogP contribution in [0.4, 0.5) is 5.82 Å². The van der Waals surface area contributed by atoms with E-state index in [1.165, 1.54) is 0 Å². The summed E-state index contributed by atoms with van der Waals surface area (Å²) in [5.74, 6) is 1.93. The minimum absolute atomic E-state index is 0.00677. The molecule has 1 fully saturated rings. The van der Waals surface area contributed by atoms with Gasteiger partial charge in [-0.15, -0.1) is 0 Å². The number of nitrogens with zero attached hydrogens (tertiary/aromatic N) is 3. The molecule has 2 aliphatic rings. The predicted octanol–water partition coefficient (Wildman–Crippen LogP) is 3.03. The third-order valence-corrected chi connectivity index (χ3v) is 5.58. The predicted molar refractivity (Wildman–Crippen MR) is 110 cm³/mol. The average Bonchev–Trinajstić information content (AvgIpc) is 3.33. The first-order valence-corrected chi connectivity index (χ1v) is 10.4. The number of para-hydroxylation sites is 1. The van der Waals surface area contributed by atoms with Gasteiger partial charge in [0.15, 0.2) is 6.10 Å². The summed E-state index contributed by atoms with van der Waals surface area (Å²) in [6.45, 7) is 5.38. The van der Waals surface area contributed by atoms with Gasteiger partial charge in [-0.25, -0.2) is 4.68 Å². The van der Waals surface area contributed by atoms with Crippen molar-refractivity contribution < 1.29 is 14.3 Å². The van der Waals surface area contributed by atoms with E-state index in [-0.39, 0.29) is 17.9 Å². The Kier molecular flexibility index (Phi) is 5.56. The van der Waals surface area contributed by atoms with Gasteiger partial charge in [0.2, 0.25) is 5.91 Å². The van der Waals surface area contributed by atoms with Crippen LogP contribution in [0.25, 0.3) is 0 Å². The Labute approximate surface area is 171 Å². The Hall–Kier alpha value is -2.83. The molecule has 3 heterocycles. The molecule has 2 aliphatic heterocycles. The Bertz CT molecular complexity index is 859. The van der Waals surface area contributed by atoms with Crippen LogP contribution >= 0.6 is 0 Å². The topological polar surface area (TPSA) is 76.5 Å². The molecule has 0 aliphatic carbocycles. The SMILES string of the molecule is CC(C)CC(=O)Nc1ccnn1C1CCN(C(=O)[C@H]2Cc3ccccc3O2)CC1. The van der Waals surface area contributed by atoms with Crippen molar-refractivity contribution >= 4 is 17.6 Å². The molecule has 1 atom stereocenters. The highest BCUT2D eigenvalue weighted by Gasteiger charge is 2.34. The summed E-state index contributed by atoms with van der Waals surface area (Å²) in [6.07, 6.45) is 4.04. The number of carbonyl (C=O) groups is 2. The van der Waals surface area contributed by atoms with E-state index in [0.29, 0.717) is 31.8 Å². The molecule has 2 amide bonds. The summed E-state index contributed by atoms with van der Waals surface area (Å²) in [5.41, 5.74) is 1.10. The number of benzene rings is 1. The summed E-state index contributed by atoms with van der Waals surface area (Å²) in [6, 6.07) is 9.84. The van der Waals surface area contributed by atoms with Gasteiger partial charge in [0.05, 0.1) is 12.2 Å². The minimum atomic E-state index is -0.417. The molecule has 154 valence electrons. The zero-order valence-electron chi connectivity index (χ0n) is 17.0. The number of nitrogens with one attached hydrogen (secondary N) is 1. The smallest absolute Gasteiger partial charge is 0.263 e. The quantitative estimate of drug-likeness (QED) is 0.843. The number of piperidine rings is 1. The van der Waals surface area contributed by atoms with Crippen LogP contribution in [0.15, 0.2) is 36.5 Å². The van der Waals surface area contributed by atoms with E-state index in [2.05, 4.69) is 10.4 Å². The van der Waals surface area contributed by atoms with Crippen LogP contribution in [0.2, 0.25) is 0 Å². The van der Waals surface area contributed by atoms with E-state index in [4.69, 9.17) is 4.74 Å². The van der Waals surface area contributed by atoms with Crippen LogP contribution in [0.1, 0.15) is 44.7 Å². The molecular formula is C22H28N4O3. The van der Waals surface area contributed by atoms with E-state index in [0.717, 1.165) is 30.0 Å². The fraction of sp³-hybridized carbons (Fsp3) is 0.500. The van der Waals surface area contributed by atoms with E-state index in [9.17, 15) is 9.59 Å². The highest BCUT2D eigenvalue weighted by molar-refractivity contribution is 5.90. The fourth-order valence-corrected chi connectivity index (χ4v) is 4.12. The number of fused-ring (bicyclic) bond motifs is 1. The molecule has 0 unspecified atom stereocenters. The van der Waals surface area contributed by atoms with Gasteiger partial charge >= 0.3 is 0 Å². The van der Waals surface area contributed by atoms with Gasteiger partial charge < -0.3 is 15.0 Å². The van der Waals surface area contributed by atoms with Crippen molar-refractivity contribution in [2.24, 2.45) is 5.92 Å². The lowest BCUT2D eigenvalue weighted by molar-refractivity contribution is -0.139. The molecule has 29 heavy (non-hydrogen) atoms. The van der Waals surface area contributed by atoms with Gasteiger partial charge in [-0.1, -0.05) is 32.0 Å². The Morgan fingerprint density at radius 2 is 1.97 bits per heavy atom. The third kappa shape index (κ3) is 4.28. The van der Waals surface area contributed by atoms with Crippen molar-refractivity contribution in [2.45, 2.75) is 51.7 Å². The zero-order chi connectivity index (χ0) is 20.4. The van der Waals surface area contributed by atoms with Gasteiger partial charge in [0, 0.05) is 32.0 Å². The maximum atomic E-state index is 12.9. The summed E-state index contributed by atoms with van der Waals surface area (Å²) in [7, 11) is 0. The van der Waals surface area contributed by atoms with Gasteiger partial charge in [0.1, 0.15) is 11.6 Å². The largest absolute Gasteiger partial charge is 0.480 e. The maximum absolute atomic E-state index is 12.9. The number of likely N-dealkylation sites (tertiary alicyclic amines) is 1. The van der Waals surface area contributed by atoms with Crippen LogP contribution < -0.4 is 10.1 Å². The minimum Gasteiger partial charge on any atom is -0.480 e. The Morgan fingerprint density at radius 3 is 2.69 bits per heavy atom. The Balaban J connectivity index is 1.33. The van der Waals surface area contributed by atoms with Crippen LogP contribution in [0.3, 0.4) is 0 Å². The van der Waals surface area contributed by atoms with Crippen LogP contribution in [-0.4, -0.2) is 45.7 Å². The summed E-state index contributed by atoms with van der Waals surface area (Å²) >= 11 is 0. The normalized spacial score (nSPS) is 19.1. The van der Waals surface area contributed by atoms with Gasteiger partial charge in [-0.2, -0.15) is 5.10 Å². The molecule has 0 bridgehead atoms. The number of hydrogen-bond acceptors (Lipinski definition) is 4. The lowest BCUT2D eigenvalue weighted by Gasteiger charge is -2.33. The molecule has 1 aromatic carbocycles. The summed E-state index contributed by atoms with van der Waals surface area (Å²) in [4.78, 5) is 26.9. The molecule has 1 saturated heterocycles. The molecule has 0 radical (unpaired) electrons. The number of anilines is 1. The van der Waals surface area contributed by atoms with Gasteiger partial charge in [-0.05, 0) is 30.4 Å². The maximum Gasteiger partial charge on any atom is 0.263 e. The Morgan fingerprint density at radius 1 is 1.21 bits per heavy atom. The highest BCUT2D eigenvalue weighted by Crippen LogP contribution is 2.31. The first kappa shape index (κ1) is 19.5. The number of aromatic nitrogens is 2. The molecule has 7 heteroatoms. The van der Waals surface area contributed by atoms with Crippen molar-refractivity contribution in [3.8, 4) is 5.75 Å². The molecular weight excluding hydrogens is 368 g/mol. The second-order valence-corrected chi connectivity index (χ2v) is 8.28. The summed E-state index contributed by atoms with van der Waals surface area (Å²) < 4.78 is 7.75. The number of rotatable bonds is 5. The molecule has 4 rings (SSSR count). The molecule has 1 N–H and O–H groups in total. The van der Waals surface area contributed by atoms with Crippen molar-refractivity contribution in [1.29, 1.82) is 0 Å². The first-order valence-electron chi connectivity index (χ1n) is 10.4. The second kappa shape index (κ2) is 8.27. The first-order chi connectivity index (χ1) is 14.0. The second-order valence-electron chi connectivity index (χ2n) is 8.28. The van der Waals surface area contributed by atoms with Gasteiger partial charge in [-0.3, -0.25) is 9.59 Å². The molecule has 2 aromatic rings. The van der Waals surface area contributed by atoms with Crippen molar-refractivity contribution in [3.63, 3.8) is 0 Å². The molecule has 0 saturated carbocycles.